The maximum atomic E-state index is 12.1. The number of amides is 2. The van der Waals surface area contributed by atoms with Gasteiger partial charge in [-0.15, -0.1) is 11.3 Å². The number of hydrogen-bond acceptors (Lipinski definition) is 5. The van der Waals surface area contributed by atoms with Crippen LogP contribution in [0.3, 0.4) is 0 Å². The molecule has 2 N–H and O–H groups in total. The lowest BCUT2D eigenvalue weighted by Gasteiger charge is -2.14. The predicted octanol–water partition coefficient (Wildman–Crippen LogP) is 3.41. The van der Waals surface area contributed by atoms with E-state index in [1.165, 1.54) is 11.3 Å². The molecule has 2 rings (SSSR count). The molecule has 146 valence electrons. The Labute approximate surface area is 164 Å². The zero-order valence-electron chi connectivity index (χ0n) is 16.3. The lowest BCUT2D eigenvalue weighted by molar-refractivity contribution is -0.120. The molecular weight excluding hydrogens is 362 g/mol. The van der Waals surface area contributed by atoms with Crippen LogP contribution >= 0.6 is 11.3 Å². The summed E-state index contributed by atoms with van der Waals surface area (Å²) in [5, 5.41) is 7.92. The Balaban J connectivity index is 1.88. The fourth-order valence-corrected chi connectivity index (χ4v) is 3.14. The van der Waals surface area contributed by atoms with Crippen LogP contribution in [0.25, 0.3) is 0 Å². The number of thiazole rings is 1. The van der Waals surface area contributed by atoms with E-state index in [4.69, 9.17) is 4.74 Å². The summed E-state index contributed by atoms with van der Waals surface area (Å²) in [7, 11) is 0. The molecule has 0 radical (unpaired) electrons. The first kappa shape index (κ1) is 20.9. The molecule has 0 aliphatic rings. The van der Waals surface area contributed by atoms with Gasteiger partial charge in [-0.1, -0.05) is 32.9 Å². The molecule has 0 spiro atoms. The van der Waals surface area contributed by atoms with Crippen LogP contribution in [-0.2, 0) is 11.4 Å². The van der Waals surface area contributed by atoms with Gasteiger partial charge < -0.3 is 15.4 Å². The predicted molar refractivity (Wildman–Crippen MR) is 107 cm³/mol. The first-order valence-corrected chi connectivity index (χ1v) is 10.0. The van der Waals surface area contributed by atoms with E-state index in [2.05, 4.69) is 41.6 Å². The van der Waals surface area contributed by atoms with E-state index in [-0.39, 0.29) is 11.8 Å². The Morgan fingerprint density at radius 3 is 2.67 bits per heavy atom. The van der Waals surface area contributed by atoms with Crippen molar-refractivity contribution in [1.82, 2.24) is 15.6 Å². The standard InChI is InChI=1S/C20H27N3O3S/c1-5-18(24)21-8-9-22-20(25)16-12-27-19(23-16)11-26-17-10-14(4)6-7-15(17)13(2)3/h6-7,10,12-13H,5,8-9,11H2,1-4H3,(H,21,24)(H,22,25). The Kier molecular flexibility index (Phi) is 7.79. The van der Waals surface area contributed by atoms with Gasteiger partial charge in [-0.25, -0.2) is 4.98 Å². The molecule has 0 unspecified atom stereocenters. The van der Waals surface area contributed by atoms with Gasteiger partial charge in [-0.3, -0.25) is 9.59 Å². The highest BCUT2D eigenvalue weighted by Gasteiger charge is 2.13. The zero-order chi connectivity index (χ0) is 19.8. The molecule has 27 heavy (non-hydrogen) atoms. The van der Waals surface area contributed by atoms with Crippen molar-refractivity contribution in [3.8, 4) is 5.75 Å². The third-order valence-electron chi connectivity index (χ3n) is 3.98. The third kappa shape index (κ3) is 6.36. The molecule has 6 nitrogen and oxygen atoms in total. The van der Waals surface area contributed by atoms with Gasteiger partial charge in [0.2, 0.25) is 5.91 Å². The zero-order valence-corrected chi connectivity index (χ0v) is 17.1. The fraction of sp³-hybridized carbons (Fsp3) is 0.450. The second-order valence-corrected chi connectivity index (χ2v) is 7.51. The minimum absolute atomic E-state index is 0.0331. The summed E-state index contributed by atoms with van der Waals surface area (Å²) in [5.41, 5.74) is 2.67. The van der Waals surface area contributed by atoms with Gasteiger partial charge in [0.15, 0.2) is 0 Å². The van der Waals surface area contributed by atoms with Crippen LogP contribution in [0, 0.1) is 6.92 Å². The Bertz CT molecular complexity index is 787. The van der Waals surface area contributed by atoms with E-state index in [1.807, 2.05) is 13.0 Å². The largest absolute Gasteiger partial charge is 0.486 e. The molecule has 2 aromatic rings. The smallest absolute Gasteiger partial charge is 0.270 e. The van der Waals surface area contributed by atoms with Gasteiger partial charge in [0.25, 0.3) is 5.91 Å². The third-order valence-corrected chi connectivity index (χ3v) is 4.80. The van der Waals surface area contributed by atoms with Crippen molar-refractivity contribution in [2.24, 2.45) is 0 Å². The van der Waals surface area contributed by atoms with E-state index < -0.39 is 0 Å². The summed E-state index contributed by atoms with van der Waals surface area (Å²) >= 11 is 1.40. The topological polar surface area (TPSA) is 80.3 Å². The lowest BCUT2D eigenvalue weighted by atomic mass is 10.0. The summed E-state index contributed by atoms with van der Waals surface area (Å²) in [4.78, 5) is 27.6. The van der Waals surface area contributed by atoms with E-state index in [9.17, 15) is 9.59 Å². The van der Waals surface area contributed by atoms with E-state index in [0.717, 1.165) is 21.9 Å². The Morgan fingerprint density at radius 2 is 1.96 bits per heavy atom. The van der Waals surface area contributed by atoms with Crippen LogP contribution in [0.15, 0.2) is 23.6 Å². The fourth-order valence-electron chi connectivity index (χ4n) is 2.46. The number of carbonyl (C=O) groups excluding carboxylic acids is 2. The molecular formula is C20H27N3O3S. The van der Waals surface area contributed by atoms with Gasteiger partial charge >= 0.3 is 0 Å². The number of rotatable bonds is 9. The van der Waals surface area contributed by atoms with Crippen molar-refractivity contribution in [3.63, 3.8) is 0 Å². The number of aromatic nitrogens is 1. The second-order valence-electron chi connectivity index (χ2n) is 6.57. The minimum Gasteiger partial charge on any atom is -0.486 e. The summed E-state index contributed by atoms with van der Waals surface area (Å²) < 4.78 is 5.96. The van der Waals surface area contributed by atoms with Crippen LogP contribution in [-0.4, -0.2) is 29.9 Å². The quantitative estimate of drug-likeness (QED) is 0.644. The lowest BCUT2D eigenvalue weighted by Crippen LogP contribution is -2.34. The van der Waals surface area contributed by atoms with Crippen molar-refractivity contribution in [2.45, 2.75) is 46.6 Å². The van der Waals surface area contributed by atoms with Crippen LogP contribution in [0.1, 0.15) is 59.7 Å². The molecule has 0 atom stereocenters. The first-order valence-electron chi connectivity index (χ1n) is 9.13. The number of aryl methyl sites for hydroxylation is 1. The first-order chi connectivity index (χ1) is 12.9. The van der Waals surface area contributed by atoms with Crippen molar-refractivity contribution in [2.75, 3.05) is 13.1 Å². The number of ether oxygens (including phenoxy) is 1. The number of carbonyl (C=O) groups is 2. The molecule has 0 saturated carbocycles. The summed E-state index contributed by atoms with van der Waals surface area (Å²) in [6, 6.07) is 6.20. The second kappa shape index (κ2) is 10.1. The van der Waals surface area contributed by atoms with Crippen molar-refractivity contribution in [1.29, 1.82) is 0 Å². The maximum Gasteiger partial charge on any atom is 0.270 e. The van der Waals surface area contributed by atoms with Crippen molar-refractivity contribution < 1.29 is 14.3 Å². The number of hydrogen-bond donors (Lipinski definition) is 2. The van der Waals surface area contributed by atoms with Gasteiger partial charge in [-0.2, -0.15) is 0 Å². The molecule has 0 saturated heterocycles. The molecule has 1 heterocycles. The average molecular weight is 390 g/mol. The molecule has 2 amide bonds. The van der Waals surface area contributed by atoms with Crippen molar-refractivity contribution >= 4 is 23.2 Å². The minimum atomic E-state index is -0.248. The molecule has 1 aromatic heterocycles. The number of nitrogens with one attached hydrogen (secondary N) is 2. The Hall–Kier alpha value is -2.41. The van der Waals surface area contributed by atoms with Gasteiger partial charge in [-0.05, 0) is 30.0 Å². The Morgan fingerprint density at radius 1 is 1.22 bits per heavy atom. The van der Waals surface area contributed by atoms with Gasteiger partial charge in [0, 0.05) is 24.9 Å². The summed E-state index contributed by atoms with van der Waals surface area (Å²) in [5.74, 6) is 0.945. The summed E-state index contributed by atoms with van der Waals surface area (Å²) in [6.07, 6.45) is 0.433. The van der Waals surface area contributed by atoms with Crippen LogP contribution in [0.5, 0.6) is 5.75 Å². The molecule has 0 aliphatic carbocycles. The number of nitrogens with zero attached hydrogens (tertiary/aromatic N) is 1. The maximum absolute atomic E-state index is 12.1. The van der Waals surface area contributed by atoms with Crippen LogP contribution in [0.2, 0.25) is 0 Å². The van der Waals surface area contributed by atoms with Gasteiger partial charge in [0.1, 0.15) is 23.1 Å². The average Bonchev–Trinajstić information content (AvgIpc) is 3.12. The van der Waals surface area contributed by atoms with E-state index in [0.29, 0.717) is 37.7 Å². The normalized spacial score (nSPS) is 10.7. The highest BCUT2D eigenvalue weighted by Crippen LogP contribution is 2.28. The summed E-state index contributed by atoms with van der Waals surface area (Å²) in [6.45, 7) is 9.19. The van der Waals surface area contributed by atoms with E-state index in [1.54, 1.807) is 12.3 Å². The molecule has 0 fully saturated rings. The molecule has 7 heteroatoms. The monoisotopic (exact) mass is 389 g/mol. The molecule has 0 aliphatic heterocycles. The SMILES string of the molecule is CCC(=O)NCCNC(=O)c1csc(COc2cc(C)ccc2C(C)C)n1. The van der Waals surface area contributed by atoms with Crippen LogP contribution < -0.4 is 15.4 Å². The van der Waals surface area contributed by atoms with Crippen molar-refractivity contribution in [3.05, 3.63) is 45.4 Å². The van der Waals surface area contributed by atoms with Gasteiger partial charge in [0.05, 0.1) is 0 Å². The van der Waals surface area contributed by atoms with Crippen LogP contribution in [0.4, 0.5) is 0 Å². The highest BCUT2D eigenvalue weighted by atomic mass is 32.1. The van der Waals surface area contributed by atoms with E-state index >= 15 is 0 Å². The molecule has 0 bridgehead atoms. The highest BCUT2D eigenvalue weighted by molar-refractivity contribution is 7.09. The number of benzene rings is 1. The molecule has 1 aromatic carbocycles.